The van der Waals surface area contributed by atoms with Crippen LogP contribution >= 0.6 is 0 Å². The van der Waals surface area contributed by atoms with Gasteiger partial charge in [0.05, 0.1) is 0 Å². The minimum atomic E-state index is 0.0449. The Morgan fingerprint density at radius 3 is 2.35 bits per heavy atom. The molecule has 0 fully saturated rings. The van der Waals surface area contributed by atoms with Crippen LogP contribution in [0.5, 0.6) is 0 Å². The number of likely N-dealkylation sites (N-methyl/N-ethyl adjacent to an activating group) is 1. The second-order valence-corrected chi connectivity index (χ2v) is 5.38. The van der Waals surface area contributed by atoms with Gasteiger partial charge in [-0.1, -0.05) is 57.2 Å². The van der Waals surface area contributed by atoms with Gasteiger partial charge in [-0.25, -0.2) is 0 Å². The lowest BCUT2D eigenvalue weighted by Crippen LogP contribution is -2.24. The van der Waals surface area contributed by atoms with Crippen molar-refractivity contribution in [1.29, 1.82) is 0 Å². The third-order valence-electron chi connectivity index (χ3n) is 2.36. The first-order chi connectivity index (χ1) is 7.88. The van der Waals surface area contributed by atoms with E-state index in [9.17, 15) is 4.79 Å². The summed E-state index contributed by atoms with van der Waals surface area (Å²) < 4.78 is 0. The van der Waals surface area contributed by atoms with Crippen LogP contribution in [0.15, 0.2) is 42.5 Å². The van der Waals surface area contributed by atoms with E-state index >= 15 is 0 Å². The predicted octanol–water partition coefficient (Wildman–Crippen LogP) is 3.25. The van der Waals surface area contributed by atoms with E-state index in [4.69, 9.17) is 0 Å². The van der Waals surface area contributed by atoms with Crippen molar-refractivity contribution in [3.63, 3.8) is 0 Å². The molecule has 0 aliphatic carbocycles. The summed E-state index contributed by atoms with van der Waals surface area (Å²) in [6.07, 6.45) is 3.60. The van der Waals surface area contributed by atoms with E-state index < -0.39 is 0 Å². The Bertz CT molecular complexity index is 387. The number of nitrogens with zero attached hydrogens (tertiary/aromatic N) is 1. The number of benzene rings is 1. The Labute approximate surface area is 104 Å². The molecule has 0 aliphatic rings. The van der Waals surface area contributed by atoms with Crippen molar-refractivity contribution >= 4 is 5.91 Å². The van der Waals surface area contributed by atoms with E-state index in [2.05, 4.69) is 20.8 Å². The molecule has 0 saturated heterocycles. The Kier molecular flexibility index (Phi) is 4.50. The Morgan fingerprint density at radius 2 is 1.82 bits per heavy atom. The second-order valence-electron chi connectivity index (χ2n) is 5.38. The number of rotatable bonds is 3. The van der Waals surface area contributed by atoms with Gasteiger partial charge < -0.3 is 4.90 Å². The monoisotopic (exact) mass is 231 g/mol. The van der Waals surface area contributed by atoms with Gasteiger partial charge in [0.2, 0.25) is 5.91 Å². The maximum Gasteiger partial charge on any atom is 0.246 e. The number of amides is 1. The molecule has 1 aromatic carbocycles. The third kappa shape index (κ3) is 5.34. The van der Waals surface area contributed by atoms with Crippen molar-refractivity contribution in [1.82, 2.24) is 4.90 Å². The van der Waals surface area contributed by atoms with Gasteiger partial charge >= 0.3 is 0 Å². The fraction of sp³-hybridized carbons (Fsp3) is 0.400. The average Bonchev–Trinajstić information content (AvgIpc) is 2.26. The smallest absolute Gasteiger partial charge is 0.246 e. The first kappa shape index (κ1) is 13.5. The lowest BCUT2D eigenvalue weighted by Gasteiger charge is -2.16. The molecule has 0 spiro atoms. The third-order valence-corrected chi connectivity index (χ3v) is 2.36. The molecule has 0 bridgehead atoms. The van der Waals surface area contributed by atoms with Crippen LogP contribution in [0.2, 0.25) is 0 Å². The van der Waals surface area contributed by atoms with Crippen molar-refractivity contribution in [2.75, 3.05) is 7.05 Å². The van der Waals surface area contributed by atoms with Crippen molar-refractivity contribution in [2.45, 2.75) is 27.3 Å². The molecule has 17 heavy (non-hydrogen) atoms. The lowest BCUT2D eigenvalue weighted by atomic mass is 9.96. The fourth-order valence-electron chi connectivity index (χ4n) is 1.38. The molecule has 0 saturated carbocycles. The zero-order valence-corrected chi connectivity index (χ0v) is 11.1. The quantitative estimate of drug-likeness (QED) is 0.731. The highest BCUT2D eigenvalue weighted by molar-refractivity contribution is 5.87. The highest BCUT2D eigenvalue weighted by Crippen LogP contribution is 2.14. The topological polar surface area (TPSA) is 20.3 Å². The summed E-state index contributed by atoms with van der Waals surface area (Å²) in [7, 11) is 1.82. The van der Waals surface area contributed by atoms with Gasteiger partial charge in [0.25, 0.3) is 0 Å². The van der Waals surface area contributed by atoms with Crippen LogP contribution in [0.4, 0.5) is 0 Å². The van der Waals surface area contributed by atoms with E-state index in [1.54, 1.807) is 11.0 Å². The molecule has 2 heteroatoms. The van der Waals surface area contributed by atoms with Crippen molar-refractivity contribution < 1.29 is 4.79 Å². The summed E-state index contributed by atoms with van der Waals surface area (Å²) in [5.74, 6) is 0.0452. The van der Waals surface area contributed by atoms with Crippen LogP contribution in [-0.4, -0.2) is 17.9 Å². The fourth-order valence-corrected chi connectivity index (χ4v) is 1.38. The zero-order valence-electron chi connectivity index (χ0n) is 11.1. The first-order valence-electron chi connectivity index (χ1n) is 5.87. The van der Waals surface area contributed by atoms with Crippen LogP contribution in [0.3, 0.4) is 0 Å². The largest absolute Gasteiger partial charge is 0.338 e. The molecule has 1 aromatic rings. The summed E-state index contributed by atoms with van der Waals surface area (Å²) >= 11 is 0. The highest BCUT2D eigenvalue weighted by atomic mass is 16.2. The molecule has 0 unspecified atom stereocenters. The SMILES string of the molecule is CN(Cc1ccccc1)C(=O)/C=C/C(C)(C)C. The van der Waals surface area contributed by atoms with Crippen LogP contribution in [0, 0.1) is 5.41 Å². The number of hydrogen-bond acceptors (Lipinski definition) is 1. The van der Waals surface area contributed by atoms with Gasteiger partial charge in [-0.3, -0.25) is 4.79 Å². The normalized spacial score (nSPS) is 11.8. The second kappa shape index (κ2) is 5.67. The average molecular weight is 231 g/mol. The molecule has 2 nitrogen and oxygen atoms in total. The molecule has 0 atom stereocenters. The maximum absolute atomic E-state index is 11.8. The molecule has 0 N–H and O–H groups in total. The summed E-state index contributed by atoms with van der Waals surface area (Å²) in [5.41, 5.74) is 1.19. The molecule has 0 aliphatic heterocycles. The van der Waals surface area contributed by atoms with Crippen LogP contribution in [0.25, 0.3) is 0 Å². The predicted molar refractivity (Wildman–Crippen MR) is 71.5 cm³/mol. The molecular weight excluding hydrogens is 210 g/mol. The van der Waals surface area contributed by atoms with Crippen molar-refractivity contribution in [3.8, 4) is 0 Å². The van der Waals surface area contributed by atoms with Crippen molar-refractivity contribution in [3.05, 3.63) is 48.0 Å². The van der Waals surface area contributed by atoms with E-state index in [1.807, 2.05) is 43.5 Å². The molecule has 1 amide bonds. The summed E-state index contributed by atoms with van der Waals surface area (Å²) in [6.45, 7) is 6.88. The van der Waals surface area contributed by atoms with Crippen LogP contribution in [-0.2, 0) is 11.3 Å². The Morgan fingerprint density at radius 1 is 1.24 bits per heavy atom. The van der Waals surface area contributed by atoms with Crippen LogP contribution in [0.1, 0.15) is 26.3 Å². The number of carbonyl (C=O) groups excluding carboxylic acids is 1. The number of carbonyl (C=O) groups is 1. The van der Waals surface area contributed by atoms with E-state index in [0.717, 1.165) is 5.56 Å². The molecule has 0 aromatic heterocycles. The van der Waals surface area contributed by atoms with Gasteiger partial charge in [-0.05, 0) is 17.1 Å². The van der Waals surface area contributed by atoms with E-state index in [0.29, 0.717) is 6.54 Å². The lowest BCUT2D eigenvalue weighted by molar-refractivity contribution is -0.125. The van der Waals surface area contributed by atoms with Gasteiger partial charge in [0, 0.05) is 13.6 Å². The Hall–Kier alpha value is -1.57. The van der Waals surface area contributed by atoms with Gasteiger partial charge in [-0.15, -0.1) is 0 Å². The summed E-state index contributed by atoms with van der Waals surface area (Å²) in [5, 5.41) is 0. The van der Waals surface area contributed by atoms with E-state index in [1.165, 1.54) is 0 Å². The maximum atomic E-state index is 11.8. The summed E-state index contributed by atoms with van der Waals surface area (Å²) in [6, 6.07) is 10.00. The Balaban J connectivity index is 2.57. The molecular formula is C15H21NO. The minimum Gasteiger partial charge on any atom is -0.338 e. The summed E-state index contributed by atoms with van der Waals surface area (Å²) in [4.78, 5) is 13.6. The number of allylic oxidation sites excluding steroid dienone is 1. The first-order valence-corrected chi connectivity index (χ1v) is 5.87. The highest BCUT2D eigenvalue weighted by Gasteiger charge is 2.08. The zero-order chi connectivity index (χ0) is 12.9. The van der Waals surface area contributed by atoms with Crippen molar-refractivity contribution in [2.24, 2.45) is 5.41 Å². The minimum absolute atomic E-state index is 0.0449. The van der Waals surface area contributed by atoms with Crippen LogP contribution < -0.4 is 0 Å². The van der Waals surface area contributed by atoms with Gasteiger partial charge in [0.1, 0.15) is 0 Å². The van der Waals surface area contributed by atoms with Gasteiger partial charge in [-0.2, -0.15) is 0 Å². The molecule has 1 rings (SSSR count). The molecule has 0 radical (unpaired) electrons. The van der Waals surface area contributed by atoms with E-state index in [-0.39, 0.29) is 11.3 Å². The molecule has 92 valence electrons. The standard InChI is InChI=1S/C15H21NO/c1-15(2,3)11-10-14(17)16(4)12-13-8-6-5-7-9-13/h5-11H,12H2,1-4H3/b11-10+. The molecule has 0 heterocycles. The number of hydrogen-bond donors (Lipinski definition) is 0. The van der Waals surface area contributed by atoms with Gasteiger partial charge in [0.15, 0.2) is 0 Å².